The topological polar surface area (TPSA) is 29.1 Å². The fourth-order valence-electron chi connectivity index (χ4n) is 2.98. The largest absolute Gasteiger partial charge is 0.348 e. The molecular formula is C19H20ClNOS. The molecule has 0 unspecified atom stereocenters. The second kappa shape index (κ2) is 7.41. The predicted octanol–water partition coefficient (Wildman–Crippen LogP) is 5.01. The fraction of sp³-hybridized carbons (Fsp3) is 0.316. The summed E-state index contributed by atoms with van der Waals surface area (Å²) in [4.78, 5) is 13.5. The van der Waals surface area contributed by atoms with E-state index in [9.17, 15) is 4.79 Å². The Labute approximate surface area is 146 Å². The van der Waals surface area contributed by atoms with Gasteiger partial charge in [0, 0.05) is 4.90 Å². The molecule has 120 valence electrons. The monoisotopic (exact) mass is 345 g/mol. The third-order valence-corrected chi connectivity index (χ3v) is 5.81. The van der Waals surface area contributed by atoms with Crippen LogP contribution >= 0.6 is 23.4 Å². The number of hydrogen-bond acceptors (Lipinski definition) is 2. The minimum atomic E-state index is -0.177. The van der Waals surface area contributed by atoms with Gasteiger partial charge in [0.05, 0.1) is 16.3 Å². The highest BCUT2D eigenvalue weighted by molar-refractivity contribution is 8.00. The van der Waals surface area contributed by atoms with Crippen LogP contribution in [-0.4, -0.2) is 11.2 Å². The quantitative estimate of drug-likeness (QED) is 0.789. The van der Waals surface area contributed by atoms with Crippen molar-refractivity contribution in [2.75, 3.05) is 0 Å². The van der Waals surface area contributed by atoms with Gasteiger partial charge in [-0.15, -0.1) is 11.8 Å². The van der Waals surface area contributed by atoms with Crippen molar-refractivity contribution in [2.45, 2.75) is 42.4 Å². The van der Waals surface area contributed by atoms with Crippen LogP contribution in [-0.2, 0) is 11.2 Å². The fourth-order valence-corrected chi connectivity index (χ4v) is 4.14. The summed E-state index contributed by atoms with van der Waals surface area (Å²) in [5.41, 5.74) is 2.62. The van der Waals surface area contributed by atoms with Gasteiger partial charge in [0.25, 0.3) is 0 Å². The van der Waals surface area contributed by atoms with Crippen molar-refractivity contribution in [2.24, 2.45) is 0 Å². The molecule has 0 heterocycles. The number of carbonyl (C=O) groups excluding carboxylic acids is 1. The van der Waals surface area contributed by atoms with Crippen molar-refractivity contribution >= 4 is 29.3 Å². The summed E-state index contributed by atoms with van der Waals surface area (Å²) in [6.45, 7) is 1.93. The first-order valence-corrected chi connectivity index (χ1v) is 9.20. The molecule has 0 fully saturated rings. The molecule has 0 aliphatic heterocycles. The molecule has 2 atom stereocenters. The Hall–Kier alpha value is -1.45. The molecule has 0 spiro atoms. The van der Waals surface area contributed by atoms with Crippen molar-refractivity contribution in [1.29, 1.82) is 0 Å². The Morgan fingerprint density at radius 1 is 1.22 bits per heavy atom. The van der Waals surface area contributed by atoms with Gasteiger partial charge < -0.3 is 5.32 Å². The van der Waals surface area contributed by atoms with Crippen LogP contribution in [0.4, 0.5) is 0 Å². The number of nitrogens with one attached hydrogen (secondary N) is 1. The SMILES string of the molecule is C[C@@H](Sc1ccccc1Cl)C(=O)N[C@H]1CCCc2ccccc21. The van der Waals surface area contributed by atoms with E-state index in [1.54, 1.807) is 0 Å². The highest BCUT2D eigenvalue weighted by Crippen LogP contribution is 2.32. The van der Waals surface area contributed by atoms with E-state index in [0.29, 0.717) is 5.02 Å². The molecular weight excluding hydrogens is 326 g/mol. The number of rotatable bonds is 4. The van der Waals surface area contributed by atoms with E-state index in [1.165, 1.54) is 22.9 Å². The van der Waals surface area contributed by atoms with Gasteiger partial charge in [-0.1, -0.05) is 48.0 Å². The number of halogens is 1. The van der Waals surface area contributed by atoms with E-state index in [1.807, 2.05) is 37.3 Å². The number of aryl methyl sites for hydroxylation is 1. The summed E-state index contributed by atoms with van der Waals surface area (Å²) in [6.07, 6.45) is 3.23. The first kappa shape index (κ1) is 16.4. The summed E-state index contributed by atoms with van der Waals surface area (Å²) < 4.78 is 0. The maximum atomic E-state index is 12.6. The zero-order chi connectivity index (χ0) is 16.2. The zero-order valence-corrected chi connectivity index (χ0v) is 14.7. The number of amides is 1. The molecule has 1 aliphatic carbocycles. The molecule has 1 amide bonds. The van der Waals surface area contributed by atoms with Crippen LogP contribution in [0, 0.1) is 0 Å². The van der Waals surface area contributed by atoms with Crippen LogP contribution in [0.3, 0.4) is 0 Å². The minimum absolute atomic E-state index is 0.0663. The molecule has 4 heteroatoms. The van der Waals surface area contributed by atoms with E-state index in [2.05, 4.69) is 23.5 Å². The van der Waals surface area contributed by atoms with Crippen molar-refractivity contribution in [1.82, 2.24) is 5.32 Å². The van der Waals surface area contributed by atoms with Crippen LogP contribution < -0.4 is 5.32 Å². The standard InChI is InChI=1S/C19H20ClNOS/c1-13(23-18-12-5-4-10-16(18)20)19(22)21-17-11-6-8-14-7-2-3-9-15(14)17/h2-5,7,9-10,12-13,17H,6,8,11H2,1H3,(H,21,22)/t13-,17+/m1/s1. The van der Waals surface area contributed by atoms with Crippen molar-refractivity contribution in [3.63, 3.8) is 0 Å². The van der Waals surface area contributed by atoms with Crippen LogP contribution in [0.5, 0.6) is 0 Å². The average Bonchev–Trinajstić information content (AvgIpc) is 2.57. The Morgan fingerprint density at radius 2 is 1.96 bits per heavy atom. The van der Waals surface area contributed by atoms with E-state index in [4.69, 9.17) is 11.6 Å². The molecule has 0 radical (unpaired) electrons. The molecule has 0 saturated carbocycles. The predicted molar refractivity (Wildman–Crippen MR) is 97.0 cm³/mol. The normalized spacial score (nSPS) is 18.1. The van der Waals surface area contributed by atoms with Crippen LogP contribution in [0.2, 0.25) is 5.02 Å². The number of thioether (sulfide) groups is 1. The lowest BCUT2D eigenvalue weighted by Crippen LogP contribution is -2.35. The Morgan fingerprint density at radius 3 is 2.78 bits per heavy atom. The minimum Gasteiger partial charge on any atom is -0.348 e. The molecule has 2 aromatic carbocycles. The Balaban J connectivity index is 1.67. The lowest BCUT2D eigenvalue weighted by Gasteiger charge is -2.27. The summed E-state index contributed by atoms with van der Waals surface area (Å²) in [5.74, 6) is 0.0663. The summed E-state index contributed by atoms with van der Waals surface area (Å²) in [6, 6.07) is 16.2. The average molecular weight is 346 g/mol. The van der Waals surface area contributed by atoms with Gasteiger partial charge in [0.15, 0.2) is 0 Å². The van der Waals surface area contributed by atoms with Crippen LogP contribution in [0.15, 0.2) is 53.4 Å². The molecule has 23 heavy (non-hydrogen) atoms. The number of benzene rings is 2. The van der Waals surface area contributed by atoms with E-state index >= 15 is 0 Å². The van der Waals surface area contributed by atoms with E-state index in [0.717, 1.165) is 24.2 Å². The second-order valence-electron chi connectivity index (χ2n) is 5.84. The van der Waals surface area contributed by atoms with Gasteiger partial charge in [-0.25, -0.2) is 0 Å². The number of hydrogen-bond donors (Lipinski definition) is 1. The van der Waals surface area contributed by atoms with Gasteiger partial charge in [0.2, 0.25) is 5.91 Å². The first-order chi connectivity index (χ1) is 11.1. The Bertz CT molecular complexity index is 703. The van der Waals surface area contributed by atoms with Gasteiger partial charge in [-0.2, -0.15) is 0 Å². The zero-order valence-electron chi connectivity index (χ0n) is 13.1. The third kappa shape index (κ3) is 3.91. The number of carbonyl (C=O) groups is 1. The lowest BCUT2D eigenvalue weighted by atomic mass is 9.88. The van der Waals surface area contributed by atoms with Crippen molar-refractivity contribution in [3.05, 3.63) is 64.7 Å². The Kier molecular flexibility index (Phi) is 5.29. The van der Waals surface area contributed by atoms with Gasteiger partial charge in [-0.3, -0.25) is 4.79 Å². The summed E-state index contributed by atoms with van der Waals surface area (Å²) in [7, 11) is 0. The number of fused-ring (bicyclic) bond motifs is 1. The molecule has 2 aromatic rings. The lowest BCUT2D eigenvalue weighted by molar-refractivity contribution is -0.121. The second-order valence-corrected chi connectivity index (χ2v) is 7.63. The smallest absolute Gasteiger partial charge is 0.233 e. The van der Waals surface area contributed by atoms with Crippen LogP contribution in [0.25, 0.3) is 0 Å². The van der Waals surface area contributed by atoms with Crippen molar-refractivity contribution in [3.8, 4) is 0 Å². The maximum absolute atomic E-state index is 12.6. The van der Waals surface area contributed by atoms with E-state index < -0.39 is 0 Å². The molecule has 1 aliphatic rings. The van der Waals surface area contributed by atoms with Crippen LogP contribution in [0.1, 0.15) is 36.9 Å². The third-order valence-electron chi connectivity index (χ3n) is 4.20. The van der Waals surface area contributed by atoms with Gasteiger partial charge >= 0.3 is 0 Å². The van der Waals surface area contributed by atoms with Crippen molar-refractivity contribution < 1.29 is 4.79 Å². The molecule has 0 bridgehead atoms. The highest BCUT2D eigenvalue weighted by atomic mass is 35.5. The molecule has 1 N–H and O–H groups in total. The molecule has 2 nitrogen and oxygen atoms in total. The van der Waals surface area contributed by atoms with E-state index in [-0.39, 0.29) is 17.2 Å². The molecule has 3 rings (SSSR count). The highest BCUT2D eigenvalue weighted by Gasteiger charge is 2.24. The summed E-state index contributed by atoms with van der Waals surface area (Å²) >= 11 is 7.68. The molecule has 0 aromatic heterocycles. The van der Waals surface area contributed by atoms with Gasteiger partial charge in [-0.05, 0) is 49.4 Å². The maximum Gasteiger partial charge on any atom is 0.233 e. The van der Waals surface area contributed by atoms with Gasteiger partial charge in [0.1, 0.15) is 0 Å². The summed E-state index contributed by atoms with van der Waals surface area (Å²) in [5, 5.41) is 3.73. The molecule has 0 saturated heterocycles. The first-order valence-electron chi connectivity index (χ1n) is 7.94.